The van der Waals surface area contributed by atoms with Gasteiger partial charge in [0.15, 0.2) is 6.10 Å². The van der Waals surface area contributed by atoms with Crippen molar-refractivity contribution in [3.8, 4) is 0 Å². The van der Waals surface area contributed by atoms with E-state index in [2.05, 4.69) is 0 Å². The van der Waals surface area contributed by atoms with Crippen LogP contribution in [-0.4, -0.2) is 79.8 Å². The lowest BCUT2D eigenvalue weighted by Gasteiger charge is -2.66. The van der Waals surface area contributed by atoms with E-state index >= 15 is 0 Å². The number of hydrogen-bond donors (Lipinski definition) is 5. The smallest absolute Gasteiger partial charge is 0.309 e. The maximum atomic E-state index is 12.2. The molecule has 10 unspecified atom stereocenters. The number of hydrogen-bond acceptors (Lipinski definition) is 8. The largest absolute Gasteiger partial charge is 0.456 e. The molecule has 3 aliphatic carbocycles. The van der Waals surface area contributed by atoms with Gasteiger partial charge in [-0.2, -0.15) is 0 Å². The van der Waals surface area contributed by atoms with Gasteiger partial charge in [0.2, 0.25) is 0 Å². The molecular weight excluding hydrogens is 368 g/mol. The number of aliphatic hydroxyl groups excluding tert-OH is 4. The molecule has 28 heavy (non-hydrogen) atoms. The summed E-state index contributed by atoms with van der Waals surface area (Å²) in [6.07, 6.45) is -3.24. The van der Waals surface area contributed by atoms with Crippen molar-refractivity contribution in [1.29, 1.82) is 0 Å². The van der Waals surface area contributed by atoms with Crippen LogP contribution in [0.3, 0.4) is 0 Å². The van der Waals surface area contributed by atoms with Crippen LogP contribution in [0.1, 0.15) is 27.2 Å². The molecule has 0 aromatic rings. The van der Waals surface area contributed by atoms with E-state index in [9.17, 15) is 30.3 Å². The van der Waals surface area contributed by atoms with Gasteiger partial charge in [0.05, 0.1) is 30.7 Å². The standard InChI is InChI=1S/C20H26O8/c1-8-9-4-5-19-7-27-18(3)16(28-10(21)6-20(18,19)26)13(24)14(19)17(9,2)15(25)12(23)11(8)22/h4-5,11-16,22-26H,6-7H2,1-3H3. The van der Waals surface area contributed by atoms with E-state index in [1.165, 1.54) is 0 Å². The van der Waals surface area contributed by atoms with Gasteiger partial charge in [-0.1, -0.05) is 19.1 Å². The third-order valence-corrected chi connectivity index (χ3v) is 8.51. The lowest BCUT2D eigenvalue weighted by molar-refractivity contribution is -0.297. The van der Waals surface area contributed by atoms with E-state index in [-0.39, 0.29) is 13.0 Å². The Hall–Kier alpha value is -1.29. The molecule has 8 heteroatoms. The molecule has 154 valence electrons. The molecule has 0 aromatic carbocycles. The highest BCUT2D eigenvalue weighted by Crippen LogP contribution is 2.71. The molecule has 5 N–H and O–H groups in total. The normalized spacial score (nSPS) is 59.6. The predicted molar refractivity (Wildman–Crippen MR) is 93.7 cm³/mol. The molecule has 0 aromatic heterocycles. The Balaban J connectivity index is 1.82. The van der Waals surface area contributed by atoms with Gasteiger partial charge in [-0.3, -0.25) is 4.79 Å². The second kappa shape index (κ2) is 5.06. The number of carbonyl (C=O) groups excluding carboxylic acids is 1. The molecule has 1 saturated carbocycles. The minimum absolute atomic E-state index is 0.0403. The topological polar surface area (TPSA) is 137 Å². The molecule has 4 bridgehead atoms. The summed E-state index contributed by atoms with van der Waals surface area (Å²) in [6.45, 7) is 5.07. The molecule has 1 spiro atoms. The van der Waals surface area contributed by atoms with E-state index in [4.69, 9.17) is 9.47 Å². The molecule has 5 rings (SSSR count). The SMILES string of the molecule is CC1=C2C=CC34COC5(C)C(OC(=O)CC35O)C(O)C4C2(C)C(O)C(O)C1O. The number of carbonyl (C=O) groups is 1. The van der Waals surface area contributed by atoms with Crippen LogP contribution in [0.5, 0.6) is 0 Å². The minimum atomic E-state index is -1.64. The quantitative estimate of drug-likeness (QED) is 0.323. The lowest BCUT2D eigenvalue weighted by atomic mass is 9.41. The van der Waals surface area contributed by atoms with E-state index in [0.29, 0.717) is 11.1 Å². The van der Waals surface area contributed by atoms with Gasteiger partial charge in [-0.05, 0) is 25.0 Å². The van der Waals surface area contributed by atoms with Crippen molar-refractivity contribution in [3.63, 3.8) is 0 Å². The lowest BCUT2D eigenvalue weighted by Crippen LogP contribution is -2.80. The number of aliphatic hydroxyl groups is 5. The Morgan fingerprint density at radius 3 is 2.50 bits per heavy atom. The number of rotatable bonds is 0. The molecular formula is C20H26O8. The highest BCUT2D eigenvalue weighted by molar-refractivity contribution is 5.74. The molecule has 0 amide bonds. The Morgan fingerprint density at radius 2 is 1.82 bits per heavy atom. The second-order valence-corrected chi connectivity index (χ2v) is 9.44. The predicted octanol–water partition coefficient (Wildman–Crippen LogP) is -1.21. The van der Waals surface area contributed by atoms with Gasteiger partial charge in [0.25, 0.3) is 0 Å². The Bertz CT molecular complexity index is 836. The van der Waals surface area contributed by atoms with E-state index < -0.39 is 64.4 Å². The van der Waals surface area contributed by atoms with Crippen molar-refractivity contribution in [2.45, 2.75) is 68.9 Å². The first-order chi connectivity index (χ1) is 13.0. The summed E-state index contributed by atoms with van der Waals surface area (Å²) in [7, 11) is 0. The van der Waals surface area contributed by atoms with Crippen molar-refractivity contribution in [2.24, 2.45) is 16.7 Å². The fraction of sp³-hybridized carbons (Fsp3) is 0.750. The molecule has 2 heterocycles. The van der Waals surface area contributed by atoms with Gasteiger partial charge in [0.1, 0.15) is 23.4 Å². The Labute approximate surface area is 162 Å². The molecule has 0 radical (unpaired) electrons. The van der Waals surface area contributed by atoms with Crippen LogP contribution >= 0.6 is 0 Å². The molecule has 2 saturated heterocycles. The zero-order valence-electron chi connectivity index (χ0n) is 16.0. The highest BCUT2D eigenvalue weighted by atomic mass is 16.6. The molecule has 5 aliphatic rings. The minimum Gasteiger partial charge on any atom is -0.456 e. The van der Waals surface area contributed by atoms with Gasteiger partial charge in [-0.25, -0.2) is 0 Å². The van der Waals surface area contributed by atoms with Crippen LogP contribution in [0.2, 0.25) is 0 Å². The summed E-state index contributed by atoms with van der Waals surface area (Å²) in [4.78, 5) is 12.2. The summed E-state index contributed by atoms with van der Waals surface area (Å²) < 4.78 is 11.4. The van der Waals surface area contributed by atoms with E-state index in [1.54, 1.807) is 32.9 Å². The summed E-state index contributed by atoms with van der Waals surface area (Å²) in [5.74, 6) is -1.41. The van der Waals surface area contributed by atoms with Gasteiger partial charge < -0.3 is 35.0 Å². The summed E-state index contributed by atoms with van der Waals surface area (Å²) in [5.41, 5.74) is -4.16. The Morgan fingerprint density at radius 1 is 1.14 bits per heavy atom. The van der Waals surface area contributed by atoms with E-state index in [1.807, 2.05) is 0 Å². The zero-order valence-corrected chi connectivity index (χ0v) is 16.0. The number of fused-ring (bicyclic) bond motifs is 2. The molecule has 3 fully saturated rings. The van der Waals surface area contributed by atoms with Crippen LogP contribution in [-0.2, 0) is 14.3 Å². The second-order valence-electron chi connectivity index (χ2n) is 9.44. The molecule has 2 aliphatic heterocycles. The van der Waals surface area contributed by atoms with Crippen molar-refractivity contribution in [2.75, 3.05) is 6.61 Å². The maximum absolute atomic E-state index is 12.2. The molecule has 10 atom stereocenters. The summed E-state index contributed by atoms with van der Waals surface area (Å²) >= 11 is 0. The fourth-order valence-corrected chi connectivity index (χ4v) is 6.96. The van der Waals surface area contributed by atoms with Crippen LogP contribution in [0.25, 0.3) is 0 Å². The third kappa shape index (κ3) is 1.62. The van der Waals surface area contributed by atoms with Crippen LogP contribution in [0, 0.1) is 16.7 Å². The third-order valence-electron chi connectivity index (χ3n) is 8.51. The number of ether oxygens (including phenoxy) is 2. The first-order valence-corrected chi connectivity index (χ1v) is 9.64. The van der Waals surface area contributed by atoms with Crippen molar-refractivity contribution in [1.82, 2.24) is 0 Å². The summed E-state index contributed by atoms with van der Waals surface area (Å²) in [5, 5.41) is 55.1. The first kappa shape index (κ1) is 18.7. The average Bonchev–Trinajstić information content (AvgIpc) is 2.78. The highest BCUT2D eigenvalue weighted by Gasteiger charge is 2.83. The van der Waals surface area contributed by atoms with Crippen molar-refractivity contribution in [3.05, 3.63) is 23.3 Å². The maximum Gasteiger partial charge on any atom is 0.309 e. The Kier molecular flexibility index (Phi) is 3.38. The van der Waals surface area contributed by atoms with Crippen LogP contribution < -0.4 is 0 Å². The van der Waals surface area contributed by atoms with Gasteiger partial charge in [0, 0.05) is 11.3 Å². The van der Waals surface area contributed by atoms with Gasteiger partial charge in [-0.15, -0.1) is 0 Å². The van der Waals surface area contributed by atoms with Crippen molar-refractivity contribution < 1.29 is 39.8 Å². The van der Waals surface area contributed by atoms with Crippen molar-refractivity contribution >= 4 is 5.97 Å². The summed E-state index contributed by atoms with van der Waals surface area (Å²) in [6, 6.07) is 0. The van der Waals surface area contributed by atoms with E-state index in [0.717, 1.165) is 0 Å². The zero-order chi connectivity index (χ0) is 20.4. The molecule has 8 nitrogen and oxygen atoms in total. The number of esters is 1. The fourth-order valence-electron chi connectivity index (χ4n) is 6.96. The number of allylic oxidation sites excluding steroid dienone is 1. The van der Waals surface area contributed by atoms with Gasteiger partial charge >= 0.3 is 5.97 Å². The van der Waals surface area contributed by atoms with Crippen LogP contribution in [0.4, 0.5) is 0 Å². The average molecular weight is 394 g/mol. The first-order valence-electron chi connectivity index (χ1n) is 9.64. The van der Waals surface area contributed by atoms with Crippen LogP contribution in [0.15, 0.2) is 23.3 Å². The monoisotopic (exact) mass is 394 g/mol.